The zero-order valence-corrected chi connectivity index (χ0v) is 19.6. The van der Waals surface area contributed by atoms with Crippen molar-refractivity contribution < 1.29 is 14.3 Å². The first-order valence-electron chi connectivity index (χ1n) is 11.4. The van der Waals surface area contributed by atoms with Crippen LogP contribution in [-0.2, 0) is 4.74 Å². The molecular weight excluding hydrogens is 434 g/mol. The van der Waals surface area contributed by atoms with E-state index in [1.54, 1.807) is 23.1 Å². The predicted octanol–water partition coefficient (Wildman–Crippen LogP) is 3.02. The smallest absolute Gasteiger partial charge is 0.407 e. The third-order valence-electron chi connectivity index (χ3n) is 6.13. The van der Waals surface area contributed by atoms with E-state index in [1.165, 1.54) is 6.20 Å². The maximum atomic E-state index is 12.0. The number of hydrogen-bond donors (Lipinski definition) is 1. The van der Waals surface area contributed by atoms with E-state index in [0.29, 0.717) is 41.0 Å². The molecule has 1 saturated heterocycles. The van der Waals surface area contributed by atoms with Crippen LogP contribution in [-0.4, -0.2) is 57.0 Å². The number of pyridine rings is 1. The summed E-state index contributed by atoms with van der Waals surface area (Å²) in [6.07, 6.45) is 6.40. The monoisotopic (exact) mass is 461 g/mol. The van der Waals surface area contributed by atoms with Gasteiger partial charge in [0.2, 0.25) is 0 Å². The molecule has 10 heteroatoms. The van der Waals surface area contributed by atoms with Gasteiger partial charge in [0.15, 0.2) is 0 Å². The summed E-state index contributed by atoms with van der Waals surface area (Å²) >= 11 is 0. The molecule has 0 radical (unpaired) electrons. The number of ether oxygens (including phenoxy) is 2. The van der Waals surface area contributed by atoms with Gasteiger partial charge in [0, 0.05) is 36.5 Å². The topological polar surface area (TPSA) is 118 Å². The summed E-state index contributed by atoms with van der Waals surface area (Å²) in [7, 11) is 0. The molecule has 2 fully saturated rings. The molecule has 1 N–H and O–H groups in total. The van der Waals surface area contributed by atoms with E-state index in [1.807, 2.05) is 33.8 Å². The number of rotatable bonds is 5. The van der Waals surface area contributed by atoms with Gasteiger partial charge in [-0.1, -0.05) is 0 Å². The highest BCUT2D eigenvalue weighted by Gasteiger charge is 2.57. The minimum Gasteiger partial charge on any atom is -0.492 e. The molecule has 2 aliphatic rings. The van der Waals surface area contributed by atoms with E-state index < -0.39 is 5.60 Å². The van der Waals surface area contributed by atoms with Crippen molar-refractivity contribution in [3.63, 3.8) is 0 Å². The van der Waals surface area contributed by atoms with Crippen LogP contribution in [0.25, 0.3) is 16.8 Å². The average Bonchev–Trinajstić information content (AvgIpc) is 3.14. The third-order valence-corrected chi connectivity index (χ3v) is 6.13. The number of carbonyl (C=O) groups excluding carboxylic acids is 1. The average molecular weight is 462 g/mol. The molecule has 1 saturated carbocycles. The number of carbonyl (C=O) groups is 1. The number of nitriles is 1. The number of anilines is 1. The Bertz CT molecular complexity index is 1260. The van der Waals surface area contributed by atoms with Gasteiger partial charge in [-0.3, -0.25) is 4.98 Å². The highest BCUT2D eigenvalue weighted by Crippen LogP contribution is 2.46. The highest BCUT2D eigenvalue weighted by atomic mass is 16.6. The zero-order valence-electron chi connectivity index (χ0n) is 19.6. The Kier molecular flexibility index (Phi) is 5.27. The number of alkyl carbamates (subject to hydrolysis) is 1. The normalized spacial score (nSPS) is 21.1. The minimum atomic E-state index is -0.504. The molecule has 3 atom stereocenters. The molecule has 0 aromatic carbocycles. The Balaban J connectivity index is 1.30. The van der Waals surface area contributed by atoms with Gasteiger partial charge >= 0.3 is 6.09 Å². The summed E-state index contributed by atoms with van der Waals surface area (Å²) in [4.78, 5) is 23.5. The number of fused-ring (bicyclic) bond motifs is 2. The number of hydrogen-bond acceptors (Lipinski definition) is 8. The first kappa shape index (κ1) is 21.9. The standard InChI is InChI=1S/C24H27N7O3/c1-5-33-15-6-16(22-14(7-25)8-28-31(22)11-15)19-9-27-20(10-26-19)30-12-17-18(13-30)21(17)29-23(32)34-24(2,3)4/h6,8-11,17-18,21H,5,12-13H2,1-4H3,(H,29,32)/t17-,18+,21-. The number of nitrogens with zero attached hydrogens (tertiary/aromatic N) is 6. The zero-order chi connectivity index (χ0) is 24.0. The van der Waals surface area contributed by atoms with Crippen molar-refractivity contribution in [2.75, 3.05) is 24.6 Å². The number of aromatic nitrogens is 4. The summed E-state index contributed by atoms with van der Waals surface area (Å²) in [6.45, 7) is 9.62. The van der Waals surface area contributed by atoms with Crippen LogP contribution in [0.2, 0.25) is 0 Å². The van der Waals surface area contributed by atoms with Crippen molar-refractivity contribution in [1.82, 2.24) is 24.9 Å². The first-order chi connectivity index (χ1) is 16.3. The molecule has 4 heterocycles. The maximum Gasteiger partial charge on any atom is 0.407 e. The van der Waals surface area contributed by atoms with Crippen LogP contribution in [0.15, 0.2) is 30.9 Å². The fourth-order valence-corrected chi connectivity index (χ4v) is 4.61. The van der Waals surface area contributed by atoms with E-state index in [-0.39, 0.29) is 12.1 Å². The van der Waals surface area contributed by atoms with Gasteiger partial charge in [0.25, 0.3) is 0 Å². The molecule has 1 amide bonds. The quantitative estimate of drug-likeness (QED) is 0.616. The van der Waals surface area contributed by atoms with Gasteiger partial charge in [-0.25, -0.2) is 14.3 Å². The van der Waals surface area contributed by atoms with Gasteiger partial charge in [-0.05, 0) is 33.8 Å². The second-order valence-electron chi connectivity index (χ2n) is 9.65. The van der Waals surface area contributed by atoms with Crippen molar-refractivity contribution in [3.05, 3.63) is 36.4 Å². The van der Waals surface area contributed by atoms with Crippen LogP contribution in [0.1, 0.15) is 33.3 Å². The van der Waals surface area contributed by atoms with Gasteiger partial charge in [0.1, 0.15) is 23.2 Å². The van der Waals surface area contributed by atoms with Crippen LogP contribution < -0.4 is 15.0 Å². The molecule has 1 aliphatic carbocycles. The van der Waals surface area contributed by atoms with Crippen molar-refractivity contribution in [3.8, 4) is 23.1 Å². The summed E-state index contributed by atoms with van der Waals surface area (Å²) in [5, 5.41) is 16.8. The van der Waals surface area contributed by atoms with Gasteiger partial charge in [-0.2, -0.15) is 10.4 Å². The van der Waals surface area contributed by atoms with Gasteiger partial charge in [0.05, 0.1) is 48.2 Å². The molecule has 176 valence electrons. The summed E-state index contributed by atoms with van der Waals surface area (Å²) in [5.41, 5.74) is 2.01. The lowest BCUT2D eigenvalue weighted by Crippen LogP contribution is -2.38. The predicted molar refractivity (Wildman–Crippen MR) is 124 cm³/mol. The van der Waals surface area contributed by atoms with E-state index in [0.717, 1.165) is 24.5 Å². The van der Waals surface area contributed by atoms with Crippen LogP contribution in [0.5, 0.6) is 5.75 Å². The molecule has 0 unspecified atom stereocenters. The van der Waals surface area contributed by atoms with Crippen molar-refractivity contribution in [2.45, 2.75) is 39.3 Å². The lowest BCUT2D eigenvalue weighted by atomic mass is 10.1. The van der Waals surface area contributed by atoms with Crippen molar-refractivity contribution in [2.24, 2.45) is 11.8 Å². The highest BCUT2D eigenvalue weighted by molar-refractivity contribution is 5.83. The molecule has 10 nitrogen and oxygen atoms in total. The SMILES string of the molecule is CCOc1cc(-c2cnc(N3C[C@@H]4[C@H](C3)[C@@H]4NC(=O)OC(C)(C)C)cn2)c2c(C#N)cnn2c1. The second-order valence-corrected chi connectivity index (χ2v) is 9.65. The Hall–Kier alpha value is -3.87. The Labute approximate surface area is 197 Å². The summed E-state index contributed by atoms with van der Waals surface area (Å²) in [5.74, 6) is 2.22. The van der Waals surface area contributed by atoms with Crippen LogP contribution >= 0.6 is 0 Å². The largest absolute Gasteiger partial charge is 0.492 e. The Morgan fingerprint density at radius 3 is 2.62 bits per heavy atom. The lowest BCUT2D eigenvalue weighted by molar-refractivity contribution is 0.0518. The van der Waals surface area contributed by atoms with Crippen LogP contribution in [0.3, 0.4) is 0 Å². The lowest BCUT2D eigenvalue weighted by Gasteiger charge is -2.23. The van der Waals surface area contributed by atoms with E-state index in [9.17, 15) is 10.1 Å². The number of amides is 1. The fourth-order valence-electron chi connectivity index (χ4n) is 4.61. The van der Waals surface area contributed by atoms with Gasteiger partial charge < -0.3 is 19.7 Å². The molecule has 3 aromatic rings. The second kappa shape index (κ2) is 8.17. The maximum absolute atomic E-state index is 12.0. The molecule has 1 aliphatic heterocycles. The minimum absolute atomic E-state index is 0.152. The Morgan fingerprint density at radius 2 is 2.00 bits per heavy atom. The number of piperidine rings is 1. The Morgan fingerprint density at radius 1 is 1.24 bits per heavy atom. The number of nitrogens with one attached hydrogen (secondary N) is 1. The van der Waals surface area contributed by atoms with Crippen LogP contribution in [0.4, 0.5) is 10.6 Å². The van der Waals surface area contributed by atoms with E-state index in [4.69, 9.17) is 9.47 Å². The van der Waals surface area contributed by atoms with E-state index in [2.05, 4.69) is 31.4 Å². The molecule has 3 aromatic heterocycles. The first-order valence-corrected chi connectivity index (χ1v) is 11.4. The van der Waals surface area contributed by atoms with Crippen molar-refractivity contribution >= 4 is 17.4 Å². The summed E-state index contributed by atoms with van der Waals surface area (Å²) in [6, 6.07) is 4.20. The molecular formula is C24H27N7O3. The summed E-state index contributed by atoms with van der Waals surface area (Å²) < 4.78 is 12.7. The van der Waals surface area contributed by atoms with Crippen molar-refractivity contribution in [1.29, 1.82) is 5.26 Å². The fraction of sp³-hybridized carbons (Fsp3) is 0.458. The van der Waals surface area contributed by atoms with E-state index >= 15 is 0 Å². The molecule has 0 bridgehead atoms. The third kappa shape index (κ3) is 4.09. The molecule has 0 spiro atoms. The van der Waals surface area contributed by atoms with Gasteiger partial charge in [-0.15, -0.1) is 0 Å². The molecule has 34 heavy (non-hydrogen) atoms. The molecule has 5 rings (SSSR count). The van der Waals surface area contributed by atoms with Crippen LogP contribution in [0, 0.1) is 23.2 Å².